The van der Waals surface area contributed by atoms with Gasteiger partial charge in [0.1, 0.15) is 0 Å². The van der Waals surface area contributed by atoms with E-state index >= 15 is 0 Å². The van der Waals surface area contributed by atoms with Crippen LogP contribution in [0.2, 0.25) is 0 Å². The normalized spacial score (nSPS) is 14.1. The molecular weight excluding hydrogens is 701 g/mol. The van der Waals surface area contributed by atoms with Crippen molar-refractivity contribution >= 4 is 10.8 Å². The van der Waals surface area contributed by atoms with E-state index in [0.29, 0.717) is 0 Å². The largest absolute Gasteiger partial charge is 0.228 e. The van der Waals surface area contributed by atoms with Gasteiger partial charge in [-0.1, -0.05) is 185 Å². The van der Waals surface area contributed by atoms with Crippen LogP contribution in [0.25, 0.3) is 89.2 Å². The smallest absolute Gasteiger partial charge is 0.160 e. The third kappa shape index (κ3) is 5.25. The molecule has 0 aliphatic heterocycles. The van der Waals surface area contributed by atoms with E-state index in [-0.39, 0.29) is 10.8 Å². The monoisotopic (exact) mass is 742 g/mol. The van der Waals surface area contributed by atoms with Crippen molar-refractivity contribution in [1.82, 2.24) is 9.97 Å². The Labute approximate surface area is 340 Å². The third-order valence-corrected chi connectivity index (χ3v) is 12.9. The van der Waals surface area contributed by atoms with Gasteiger partial charge in [-0.15, -0.1) is 0 Å². The number of rotatable bonds is 5. The van der Waals surface area contributed by atoms with E-state index in [2.05, 4.69) is 204 Å². The van der Waals surface area contributed by atoms with Gasteiger partial charge in [-0.25, -0.2) is 9.97 Å². The molecular formula is C56H42N2. The van der Waals surface area contributed by atoms with Crippen LogP contribution in [0.3, 0.4) is 0 Å². The molecule has 1 aromatic heterocycles. The first-order chi connectivity index (χ1) is 28.3. The number of nitrogens with zero attached hydrogens (tertiary/aromatic N) is 2. The number of benzene rings is 8. The lowest BCUT2D eigenvalue weighted by molar-refractivity contribution is 0.660. The first-order valence-corrected chi connectivity index (χ1v) is 20.3. The topological polar surface area (TPSA) is 25.8 Å². The zero-order chi connectivity index (χ0) is 39.2. The molecule has 0 N–H and O–H groups in total. The second-order valence-corrected chi connectivity index (χ2v) is 17.0. The quantitative estimate of drug-likeness (QED) is 0.175. The first kappa shape index (κ1) is 34.4. The van der Waals surface area contributed by atoms with Crippen molar-refractivity contribution in [2.45, 2.75) is 38.5 Å². The first-order valence-electron chi connectivity index (χ1n) is 20.3. The molecule has 8 aromatic carbocycles. The highest BCUT2D eigenvalue weighted by Gasteiger charge is 2.38. The van der Waals surface area contributed by atoms with Crippen LogP contribution in [0.15, 0.2) is 182 Å². The Hall–Kier alpha value is -6.90. The molecule has 1 heterocycles. The molecule has 276 valence electrons. The number of aromatic nitrogens is 2. The average Bonchev–Trinajstić information content (AvgIpc) is 3.64. The Morgan fingerprint density at radius 2 is 0.793 bits per heavy atom. The molecule has 2 aliphatic carbocycles. The second-order valence-electron chi connectivity index (χ2n) is 17.0. The van der Waals surface area contributed by atoms with Crippen molar-refractivity contribution in [2.24, 2.45) is 0 Å². The van der Waals surface area contributed by atoms with Crippen LogP contribution in [0.4, 0.5) is 0 Å². The summed E-state index contributed by atoms with van der Waals surface area (Å²) in [4.78, 5) is 10.4. The molecule has 58 heavy (non-hydrogen) atoms. The summed E-state index contributed by atoms with van der Waals surface area (Å²) in [6.07, 6.45) is 0. The second kappa shape index (κ2) is 12.8. The fraction of sp³-hybridized carbons (Fsp3) is 0.107. The van der Waals surface area contributed by atoms with Crippen molar-refractivity contribution in [3.63, 3.8) is 0 Å². The summed E-state index contributed by atoms with van der Waals surface area (Å²) < 4.78 is 0. The van der Waals surface area contributed by atoms with E-state index in [9.17, 15) is 0 Å². The Balaban J connectivity index is 1.01. The van der Waals surface area contributed by atoms with Crippen LogP contribution in [0.5, 0.6) is 0 Å². The van der Waals surface area contributed by atoms with Gasteiger partial charge in [0.15, 0.2) is 5.82 Å². The van der Waals surface area contributed by atoms with Gasteiger partial charge in [-0.05, 0) is 102 Å². The van der Waals surface area contributed by atoms with Gasteiger partial charge < -0.3 is 0 Å². The summed E-state index contributed by atoms with van der Waals surface area (Å²) in [5.74, 6) is 0.721. The van der Waals surface area contributed by atoms with Gasteiger partial charge in [-0.3, -0.25) is 0 Å². The summed E-state index contributed by atoms with van der Waals surface area (Å²) in [7, 11) is 0. The van der Waals surface area contributed by atoms with Crippen LogP contribution in [0.1, 0.15) is 49.9 Å². The number of fused-ring (bicyclic) bond motifs is 7. The van der Waals surface area contributed by atoms with Gasteiger partial charge in [0.2, 0.25) is 0 Å². The molecule has 0 fully saturated rings. The van der Waals surface area contributed by atoms with Crippen molar-refractivity contribution < 1.29 is 0 Å². The highest BCUT2D eigenvalue weighted by molar-refractivity contribution is 5.99. The lowest BCUT2D eigenvalue weighted by atomic mass is 9.81. The zero-order valence-corrected chi connectivity index (χ0v) is 33.2. The van der Waals surface area contributed by atoms with Gasteiger partial charge in [0.25, 0.3) is 0 Å². The molecule has 2 aliphatic rings. The van der Waals surface area contributed by atoms with Crippen molar-refractivity contribution in [3.05, 3.63) is 204 Å². The lowest BCUT2D eigenvalue weighted by Crippen LogP contribution is -2.15. The van der Waals surface area contributed by atoms with Crippen molar-refractivity contribution in [3.8, 4) is 78.4 Å². The minimum Gasteiger partial charge on any atom is -0.228 e. The Bertz CT molecular complexity index is 3080. The van der Waals surface area contributed by atoms with Gasteiger partial charge >= 0.3 is 0 Å². The van der Waals surface area contributed by atoms with Gasteiger partial charge in [0.05, 0.1) is 11.4 Å². The minimum absolute atomic E-state index is 0.0877. The molecule has 0 saturated heterocycles. The number of hydrogen-bond donors (Lipinski definition) is 0. The Kier molecular flexibility index (Phi) is 7.59. The number of hydrogen-bond acceptors (Lipinski definition) is 2. The fourth-order valence-corrected chi connectivity index (χ4v) is 9.80. The predicted octanol–water partition coefficient (Wildman–Crippen LogP) is 14.6. The van der Waals surface area contributed by atoms with E-state index in [4.69, 9.17) is 9.97 Å². The Morgan fingerprint density at radius 1 is 0.310 bits per heavy atom. The molecule has 9 aromatic rings. The highest BCUT2D eigenvalue weighted by atomic mass is 14.9. The van der Waals surface area contributed by atoms with Crippen molar-refractivity contribution in [1.29, 1.82) is 0 Å². The molecule has 0 amide bonds. The SMILES string of the molecule is CC1(C)c2cc(-c3cc(-c4ccc(-c5cccc6c5-c5cc7ccccc7cc5C6(C)C)cc4)nc(-c4ccccc4)n3)ccc2-c2c(-c3ccccc3)cccc21. The molecule has 2 nitrogen and oxygen atoms in total. The van der Waals surface area contributed by atoms with Crippen LogP contribution in [-0.2, 0) is 10.8 Å². The lowest BCUT2D eigenvalue weighted by Gasteiger charge is -2.22. The zero-order valence-electron chi connectivity index (χ0n) is 33.2. The third-order valence-electron chi connectivity index (χ3n) is 12.9. The standard InChI is InChI=1S/C56H42N2/c1-55(2)46-23-13-21-42(35-15-7-5-8-16-35)52(46)44-30-29-41(33-48(44)55)51-34-50(57-54(58-51)38-17-9-6-10-18-38)37-27-25-36(26-28-37)43-22-14-24-47-53(43)45-31-39-19-11-12-20-40(39)32-49(45)56(47,3)4/h5-34H,1-4H3. The summed E-state index contributed by atoms with van der Waals surface area (Å²) in [5.41, 5.74) is 20.4. The van der Waals surface area contributed by atoms with E-state index in [0.717, 1.165) is 33.9 Å². The molecule has 0 bridgehead atoms. The summed E-state index contributed by atoms with van der Waals surface area (Å²) >= 11 is 0. The van der Waals surface area contributed by atoms with E-state index in [1.807, 2.05) is 6.07 Å². The molecule has 0 saturated carbocycles. The molecule has 0 unspecified atom stereocenters. The fourth-order valence-electron chi connectivity index (χ4n) is 9.80. The molecule has 0 atom stereocenters. The molecule has 0 radical (unpaired) electrons. The minimum atomic E-state index is -0.167. The average molecular weight is 743 g/mol. The predicted molar refractivity (Wildman–Crippen MR) is 242 cm³/mol. The van der Waals surface area contributed by atoms with E-state index in [1.54, 1.807) is 0 Å². The van der Waals surface area contributed by atoms with Crippen LogP contribution >= 0.6 is 0 Å². The van der Waals surface area contributed by atoms with E-state index in [1.165, 1.54) is 77.5 Å². The van der Waals surface area contributed by atoms with Gasteiger partial charge in [0, 0.05) is 27.5 Å². The van der Waals surface area contributed by atoms with Crippen LogP contribution < -0.4 is 0 Å². The van der Waals surface area contributed by atoms with E-state index < -0.39 is 0 Å². The maximum Gasteiger partial charge on any atom is 0.160 e. The summed E-state index contributed by atoms with van der Waals surface area (Å²) in [6.45, 7) is 9.42. The summed E-state index contributed by atoms with van der Waals surface area (Å²) in [6, 6.07) is 66.2. The van der Waals surface area contributed by atoms with Crippen molar-refractivity contribution in [2.75, 3.05) is 0 Å². The molecule has 2 heteroatoms. The maximum absolute atomic E-state index is 5.24. The Morgan fingerprint density at radius 3 is 1.43 bits per heavy atom. The van der Waals surface area contributed by atoms with Crippen LogP contribution in [0, 0.1) is 0 Å². The molecule has 11 rings (SSSR count). The maximum atomic E-state index is 5.24. The highest BCUT2D eigenvalue weighted by Crippen LogP contribution is 2.54. The van der Waals surface area contributed by atoms with Gasteiger partial charge in [-0.2, -0.15) is 0 Å². The molecule has 0 spiro atoms. The van der Waals surface area contributed by atoms with Crippen LogP contribution in [-0.4, -0.2) is 9.97 Å². The summed E-state index contributed by atoms with van der Waals surface area (Å²) in [5, 5.41) is 2.57.